The Morgan fingerprint density at radius 2 is 0.971 bits per heavy atom. The smallest absolute Gasteiger partial charge is 0.143 e. The minimum absolute atomic E-state index is 0.891. The van der Waals surface area contributed by atoms with Gasteiger partial charge < -0.3 is 8.83 Å². The van der Waals surface area contributed by atoms with Crippen molar-refractivity contribution in [2.75, 3.05) is 0 Å². The number of fused-ring (bicyclic) bond motifs is 4. The van der Waals surface area contributed by atoms with Crippen molar-refractivity contribution in [3.8, 4) is 33.8 Å². The van der Waals surface area contributed by atoms with E-state index in [0.29, 0.717) is 0 Å². The van der Waals surface area contributed by atoms with Gasteiger partial charge in [0.15, 0.2) is 0 Å². The molecular weight excluding hydrogens is 416 g/mol. The van der Waals surface area contributed by atoms with Crippen LogP contribution < -0.4 is 0 Å². The highest BCUT2D eigenvalue weighted by molar-refractivity contribution is 6.08. The first-order chi connectivity index (χ1) is 16.9. The Labute approximate surface area is 196 Å². The molecule has 0 fully saturated rings. The summed E-state index contributed by atoms with van der Waals surface area (Å²) < 4.78 is 12.7. The van der Waals surface area contributed by atoms with Gasteiger partial charge in [0.25, 0.3) is 0 Å². The first-order valence-electron chi connectivity index (χ1n) is 11.4. The highest BCUT2D eigenvalue weighted by Gasteiger charge is 2.19. The predicted octanol–water partition coefficient (Wildman–Crippen LogP) is 9.33. The van der Waals surface area contributed by atoms with Crippen LogP contribution in [0.5, 0.6) is 0 Å². The van der Waals surface area contributed by atoms with E-state index in [-0.39, 0.29) is 0 Å². The van der Waals surface area contributed by atoms with Gasteiger partial charge in [0.1, 0.15) is 22.7 Å². The first-order valence-corrected chi connectivity index (χ1v) is 11.4. The van der Waals surface area contributed by atoms with Gasteiger partial charge in [-0.2, -0.15) is 0 Å². The molecule has 0 atom stereocenters. The van der Waals surface area contributed by atoms with Crippen LogP contribution in [0.3, 0.4) is 0 Å². The molecule has 7 rings (SSSR count). The lowest BCUT2D eigenvalue weighted by Crippen LogP contribution is -1.84. The first kappa shape index (κ1) is 19.0. The third-order valence-corrected chi connectivity index (χ3v) is 6.52. The van der Waals surface area contributed by atoms with Crippen LogP contribution in [0.4, 0.5) is 0 Å². The average Bonchev–Trinajstić information content (AvgIpc) is 3.48. The summed E-state index contributed by atoms with van der Waals surface area (Å²) in [6.07, 6.45) is 0. The van der Waals surface area contributed by atoms with E-state index in [4.69, 9.17) is 8.83 Å². The number of hydrogen-bond acceptors (Lipinski definition) is 2. The topological polar surface area (TPSA) is 26.3 Å². The van der Waals surface area contributed by atoms with Gasteiger partial charge in [0.05, 0.1) is 0 Å². The Kier molecular flexibility index (Phi) is 4.18. The highest BCUT2D eigenvalue weighted by Crippen LogP contribution is 2.43. The molecule has 0 radical (unpaired) electrons. The largest absolute Gasteiger partial charge is 0.456 e. The molecule has 0 bridgehead atoms. The lowest BCUT2D eigenvalue weighted by atomic mass is 9.95. The van der Waals surface area contributed by atoms with Crippen LogP contribution in [0.15, 0.2) is 130 Å². The van der Waals surface area contributed by atoms with Crippen LogP contribution in [0.1, 0.15) is 0 Å². The third kappa shape index (κ3) is 2.89. The molecule has 34 heavy (non-hydrogen) atoms. The minimum atomic E-state index is 0.891. The molecule has 0 aliphatic rings. The molecule has 0 aliphatic carbocycles. The zero-order chi connectivity index (χ0) is 22.5. The quantitative estimate of drug-likeness (QED) is 0.276. The molecule has 0 saturated carbocycles. The molecule has 0 aliphatic heterocycles. The fraction of sp³-hybridized carbons (Fsp3) is 0. The zero-order valence-electron chi connectivity index (χ0n) is 18.4. The molecule has 0 unspecified atom stereocenters. The second-order valence-electron chi connectivity index (χ2n) is 8.53. The van der Waals surface area contributed by atoms with Crippen LogP contribution in [0, 0.1) is 0 Å². The Bertz CT molecular complexity index is 1800. The van der Waals surface area contributed by atoms with Crippen molar-refractivity contribution in [2.45, 2.75) is 0 Å². The van der Waals surface area contributed by atoms with Crippen molar-refractivity contribution in [1.82, 2.24) is 0 Å². The number of furan rings is 2. The third-order valence-electron chi connectivity index (χ3n) is 6.52. The molecular formula is C32H20O2. The van der Waals surface area contributed by atoms with E-state index in [0.717, 1.165) is 66.5 Å². The van der Waals surface area contributed by atoms with Crippen LogP contribution in [-0.4, -0.2) is 0 Å². The van der Waals surface area contributed by atoms with Gasteiger partial charge in [-0.25, -0.2) is 0 Å². The lowest BCUT2D eigenvalue weighted by molar-refractivity contribution is 0.602. The summed E-state index contributed by atoms with van der Waals surface area (Å²) >= 11 is 0. The van der Waals surface area contributed by atoms with E-state index in [2.05, 4.69) is 91.0 Å². The molecule has 160 valence electrons. The maximum atomic E-state index is 6.62. The predicted molar refractivity (Wildman–Crippen MR) is 140 cm³/mol. The summed E-state index contributed by atoms with van der Waals surface area (Å²) in [6.45, 7) is 0. The van der Waals surface area contributed by atoms with Crippen molar-refractivity contribution >= 4 is 32.7 Å². The Morgan fingerprint density at radius 3 is 1.79 bits per heavy atom. The van der Waals surface area contributed by atoms with Gasteiger partial charge in [0.2, 0.25) is 0 Å². The van der Waals surface area contributed by atoms with Gasteiger partial charge in [-0.15, -0.1) is 0 Å². The summed E-state index contributed by atoms with van der Waals surface area (Å²) in [5.74, 6) is 1.79. The van der Waals surface area contributed by atoms with E-state index in [1.54, 1.807) is 0 Å². The van der Waals surface area contributed by atoms with Crippen molar-refractivity contribution in [2.24, 2.45) is 0 Å². The van der Waals surface area contributed by atoms with Crippen molar-refractivity contribution in [3.05, 3.63) is 121 Å². The maximum Gasteiger partial charge on any atom is 0.143 e. The molecule has 2 aromatic heterocycles. The monoisotopic (exact) mass is 436 g/mol. The summed E-state index contributed by atoms with van der Waals surface area (Å²) in [5, 5.41) is 4.49. The molecule has 2 heterocycles. The Morgan fingerprint density at radius 1 is 0.353 bits per heavy atom. The van der Waals surface area contributed by atoms with Gasteiger partial charge in [-0.3, -0.25) is 0 Å². The van der Waals surface area contributed by atoms with E-state index >= 15 is 0 Å². The van der Waals surface area contributed by atoms with Gasteiger partial charge in [-0.05, 0) is 29.3 Å². The summed E-state index contributed by atoms with van der Waals surface area (Å²) in [4.78, 5) is 0. The van der Waals surface area contributed by atoms with Crippen molar-refractivity contribution < 1.29 is 8.83 Å². The van der Waals surface area contributed by atoms with E-state index in [1.165, 1.54) is 0 Å². The Balaban J connectivity index is 1.47. The van der Waals surface area contributed by atoms with Crippen molar-refractivity contribution in [3.63, 3.8) is 0 Å². The number of rotatable bonds is 3. The maximum absolute atomic E-state index is 6.62. The number of benzene rings is 5. The van der Waals surface area contributed by atoms with E-state index in [1.807, 2.05) is 30.3 Å². The number of para-hydroxylation sites is 1. The standard InChI is InChI=1S/C32H20O2/c1-2-10-21(11-3-1)31-26-15-6-7-16-27(26)32(34-31)25-14-5-4-12-23(25)22-18-19-30-28(20-22)24-13-8-9-17-29(24)33-30/h1-20H. The normalized spacial score (nSPS) is 11.5. The van der Waals surface area contributed by atoms with E-state index in [9.17, 15) is 0 Å². The van der Waals surface area contributed by atoms with Crippen molar-refractivity contribution in [1.29, 1.82) is 0 Å². The molecule has 0 amide bonds. The summed E-state index contributed by atoms with van der Waals surface area (Å²) in [5.41, 5.74) is 6.23. The van der Waals surface area contributed by atoms with Gasteiger partial charge in [0, 0.05) is 32.7 Å². The lowest BCUT2D eigenvalue weighted by Gasteiger charge is -2.09. The minimum Gasteiger partial charge on any atom is -0.456 e. The summed E-state index contributed by atoms with van der Waals surface area (Å²) in [7, 11) is 0. The molecule has 0 saturated heterocycles. The Hall–Kier alpha value is -4.56. The molecule has 7 aromatic rings. The van der Waals surface area contributed by atoms with E-state index < -0.39 is 0 Å². The molecule has 5 aromatic carbocycles. The highest BCUT2D eigenvalue weighted by atomic mass is 16.3. The van der Waals surface area contributed by atoms with Crippen LogP contribution in [-0.2, 0) is 0 Å². The number of hydrogen-bond donors (Lipinski definition) is 0. The van der Waals surface area contributed by atoms with Gasteiger partial charge >= 0.3 is 0 Å². The fourth-order valence-corrected chi connectivity index (χ4v) is 4.92. The zero-order valence-corrected chi connectivity index (χ0v) is 18.4. The average molecular weight is 437 g/mol. The van der Waals surface area contributed by atoms with Gasteiger partial charge in [-0.1, -0.05) is 103 Å². The van der Waals surface area contributed by atoms with Crippen LogP contribution in [0.2, 0.25) is 0 Å². The molecule has 0 N–H and O–H groups in total. The second-order valence-corrected chi connectivity index (χ2v) is 8.53. The van der Waals surface area contributed by atoms with Crippen LogP contribution in [0.25, 0.3) is 66.5 Å². The second kappa shape index (κ2) is 7.50. The summed E-state index contributed by atoms with van der Waals surface area (Å²) in [6, 6.07) is 41.8. The van der Waals surface area contributed by atoms with Crippen LogP contribution >= 0.6 is 0 Å². The molecule has 2 heteroatoms. The fourth-order valence-electron chi connectivity index (χ4n) is 4.92. The molecule has 0 spiro atoms. The SMILES string of the molecule is c1ccc(-c2oc(-c3ccccc3-c3ccc4oc5ccccc5c4c3)c3ccccc23)cc1. The molecule has 2 nitrogen and oxygen atoms in total.